The minimum atomic E-state index is -0.368. The normalized spacial score (nSPS) is 10.3. The van der Waals surface area contributed by atoms with Gasteiger partial charge in [-0.25, -0.2) is 5.84 Å². The van der Waals surface area contributed by atoms with Gasteiger partial charge in [0.25, 0.3) is 5.91 Å². The van der Waals surface area contributed by atoms with Gasteiger partial charge >= 0.3 is 0 Å². The Balaban J connectivity index is 2.06. The number of carbonyl (C=O) groups excluding carboxylic acids is 1. The summed E-state index contributed by atoms with van der Waals surface area (Å²) < 4.78 is 0. The number of halogens is 1. The topological polar surface area (TPSA) is 94.0 Å². The van der Waals surface area contributed by atoms with Gasteiger partial charge in [-0.3, -0.25) is 15.2 Å². The highest BCUT2D eigenvalue weighted by Crippen LogP contribution is 2.34. The van der Waals surface area contributed by atoms with E-state index in [0.29, 0.717) is 22.0 Å². The van der Waals surface area contributed by atoms with E-state index in [1.807, 2.05) is 0 Å². The molecule has 0 saturated heterocycles. The monoisotopic (exact) mass is 308 g/mol. The molecule has 0 unspecified atom stereocenters. The molecule has 1 amide bonds. The number of nitrogens with zero attached hydrogens (tertiary/aromatic N) is 1. The summed E-state index contributed by atoms with van der Waals surface area (Å²) in [5, 5.41) is 0.620. The molecule has 0 fully saturated rings. The number of aromatic nitrogens is 1. The molecule has 2 rings (SSSR count). The van der Waals surface area contributed by atoms with E-state index in [-0.39, 0.29) is 5.91 Å². The lowest BCUT2D eigenvalue weighted by atomic mass is 10.2. The minimum absolute atomic E-state index is 0.368. The maximum Gasteiger partial charge on any atom is 0.266 e. The molecule has 1 aromatic heterocycles. The van der Waals surface area contributed by atoms with E-state index in [2.05, 4.69) is 10.4 Å². The fourth-order valence-corrected chi connectivity index (χ4v) is 2.80. The zero-order valence-electron chi connectivity index (χ0n) is 10.5. The van der Waals surface area contributed by atoms with Crippen LogP contribution in [0.4, 0.5) is 5.69 Å². The number of hydrogen-bond donors (Lipinski definition) is 3. The Bertz CT molecular complexity index is 598. The number of pyridine rings is 1. The molecule has 0 bridgehead atoms. The van der Waals surface area contributed by atoms with E-state index in [1.54, 1.807) is 30.3 Å². The number of benzene rings is 1. The molecule has 5 N–H and O–H groups in total. The number of rotatable bonds is 4. The summed E-state index contributed by atoms with van der Waals surface area (Å²) in [5.41, 5.74) is 9.81. The van der Waals surface area contributed by atoms with Crippen LogP contribution in [0.5, 0.6) is 0 Å². The number of hydrogen-bond acceptors (Lipinski definition) is 5. The van der Waals surface area contributed by atoms with Crippen molar-refractivity contribution in [3.63, 3.8) is 0 Å². The first-order valence-corrected chi connectivity index (χ1v) is 7.11. The number of anilines is 1. The van der Waals surface area contributed by atoms with Crippen molar-refractivity contribution >= 4 is 35.0 Å². The van der Waals surface area contributed by atoms with Crippen molar-refractivity contribution in [1.29, 1.82) is 0 Å². The number of amides is 1. The highest BCUT2D eigenvalue weighted by molar-refractivity contribution is 7.98. The second-order valence-corrected chi connectivity index (χ2v) is 5.35. The van der Waals surface area contributed by atoms with Crippen molar-refractivity contribution in [2.24, 2.45) is 5.84 Å². The molecule has 2 aromatic rings. The van der Waals surface area contributed by atoms with Gasteiger partial charge in [0.05, 0.1) is 16.3 Å². The molecule has 5 nitrogen and oxygen atoms in total. The summed E-state index contributed by atoms with van der Waals surface area (Å²) in [5.74, 6) is 5.29. The number of thioether (sulfide) groups is 1. The quantitative estimate of drug-likeness (QED) is 0.265. The summed E-state index contributed by atoms with van der Waals surface area (Å²) in [4.78, 5) is 16.3. The molecule has 1 heterocycles. The molecule has 0 atom stereocenters. The summed E-state index contributed by atoms with van der Waals surface area (Å²) in [6.45, 7) is 0. The fraction of sp³-hybridized carbons (Fsp3) is 0.0769. The van der Waals surface area contributed by atoms with Crippen molar-refractivity contribution in [3.05, 3.63) is 52.8 Å². The molecule has 0 aliphatic carbocycles. The second kappa shape index (κ2) is 6.60. The number of carbonyl (C=O) groups is 1. The molecule has 7 heteroatoms. The Morgan fingerprint density at radius 3 is 2.75 bits per heavy atom. The van der Waals surface area contributed by atoms with E-state index in [0.717, 1.165) is 10.6 Å². The highest BCUT2D eigenvalue weighted by atomic mass is 35.5. The lowest BCUT2D eigenvalue weighted by Gasteiger charge is -2.07. The number of nitrogens with two attached hydrogens (primary N) is 2. The average molecular weight is 309 g/mol. The van der Waals surface area contributed by atoms with Gasteiger partial charge in [-0.05, 0) is 24.3 Å². The van der Waals surface area contributed by atoms with Gasteiger partial charge in [-0.2, -0.15) is 0 Å². The lowest BCUT2D eigenvalue weighted by molar-refractivity contribution is 0.0953. The van der Waals surface area contributed by atoms with Crippen LogP contribution in [-0.4, -0.2) is 10.9 Å². The maximum atomic E-state index is 11.3. The zero-order valence-corrected chi connectivity index (χ0v) is 12.0. The van der Waals surface area contributed by atoms with Gasteiger partial charge < -0.3 is 5.73 Å². The number of hydrazine groups is 1. The molecule has 20 heavy (non-hydrogen) atoms. The summed E-state index contributed by atoms with van der Waals surface area (Å²) in [6.07, 6.45) is 1.48. The largest absolute Gasteiger partial charge is 0.398 e. The van der Waals surface area contributed by atoms with Crippen LogP contribution >= 0.6 is 23.4 Å². The van der Waals surface area contributed by atoms with Crippen LogP contribution < -0.4 is 17.0 Å². The minimum Gasteiger partial charge on any atom is -0.398 e. The van der Waals surface area contributed by atoms with Crippen molar-refractivity contribution < 1.29 is 4.79 Å². The Morgan fingerprint density at radius 2 is 2.15 bits per heavy atom. The zero-order chi connectivity index (χ0) is 14.5. The molecular weight excluding hydrogens is 296 g/mol. The molecule has 0 spiro atoms. The Hall–Kier alpha value is -1.76. The van der Waals surface area contributed by atoms with Crippen LogP contribution in [0.1, 0.15) is 16.1 Å². The van der Waals surface area contributed by atoms with Crippen molar-refractivity contribution in [1.82, 2.24) is 10.4 Å². The van der Waals surface area contributed by atoms with Gasteiger partial charge in [0.15, 0.2) is 0 Å². The van der Waals surface area contributed by atoms with Crippen LogP contribution in [0.3, 0.4) is 0 Å². The Labute approximate surface area is 125 Å². The number of nitrogens with one attached hydrogen (secondary N) is 1. The summed E-state index contributed by atoms with van der Waals surface area (Å²) in [6, 6.07) is 8.84. The van der Waals surface area contributed by atoms with Gasteiger partial charge in [0.1, 0.15) is 0 Å². The first kappa shape index (κ1) is 14.6. The van der Waals surface area contributed by atoms with Crippen molar-refractivity contribution in [2.45, 2.75) is 10.6 Å². The SMILES string of the molecule is NNC(=O)c1ccc(CSc2c(N)cccc2Cl)nc1. The Morgan fingerprint density at radius 1 is 1.35 bits per heavy atom. The predicted molar refractivity (Wildman–Crippen MR) is 81.3 cm³/mol. The van der Waals surface area contributed by atoms with Crippen LogP contribution in [0.15, 0.2) is 41.4 Å². The highest BCUT2D eigenvalue weighted by Gasteiger charge is 2.07. The Kier molecular flexibility index (Phi) is 4.84. The third-order valence-electron chi connectivity index (χ3n) is 2.58. The molecular formula is C13H13ClN4OS. The fourth-order valence-electron chi connectivity index (χ4n) is 1.55. The van der Waals surface area contributed by atoms with E-state index in [4.69, 9.17) is 23.2 Å². The van der Waals surface area contributed by atoms with Crippen LogP contribution in [0.2, 0.25) is 5.02 Å². The predicted octanol–water partition coefficient (Wildman–Crippen LogP) is 2.21. The van der Waals surface area contributed by atoms with Crippen molar-refractivity contribution in [3.8, 4) is 0 Å². The van der Waals surface area contributed by atoms with E-state index in [9.17, 15) is 4.79 Å². The van der Waals surface area contributed by atoms with Gasteiger partial charge in [-0.1, -0.05) is 17.7 Å². The first-order chi connectivity index (χ1) is 9.61. The van der Waals surface area contributed by atoms with E-state index in [1.165, 1.54) is 18.0 Å². The lowest BCUT2D eigenvalue weighted by Crippen LogP contribution is -2.30. The van der Waals surface area contributed by atoms with E-state index < -0.39 is 0 Å². The summed E-state index contributed by atoms with van der Waals surface area (Å²) in [7, 11) is 0. The third kappa shape index (κ3) is 3.41. The van der Waals surface area contributed by atoms with Crippen LogP contribution in [0.25, 0.3) is 0 Å². The third-order valence-corrected chi connectivity index (χ3v) is 4.19. The summed E-state index contributed by atoms with van der Waals surface area (Å²) >= 11 is 7.60. The number of nitrogen functional groups attached to an aromatic ring is 2. The van der Waals surface area contributed by atoms with Crippen LogP contribution in [0, 0.1) is 0 Å². The van der Waals surface area contributed by atoms with E-state index >= 15 is 0 Å². The van der Waals surface area contributed by atoms with Crippen molar-refractivity contribution in [2.75, 3.05) is 5.73 Å². The van der Waals surface area contributed by atoms with Gasteiger partial charge in [0.2, 0.25) is 0 Å². The van der Waals surface area contributed by atoms with Gasteiger partial charge in [0, 0.05) is 22.5 Å². The smallest absolute Gasteiger partial charge is 0.266 e. The molecule has 104 valence electrons. The molecule has 1 aromatic carbocycles. The maximum absolute atomic E-state index is 11.3. The molecule has 0 saturated carbocycles. The first-order valence-electron chi connectivity index (χ1n) is 5.74. The second-order valence-electron chi connectivity index (χ2n) is 3.96. The van der Waals surface area contributed by atoms with Crippen LogP contribution in [-0.2, 0) is 5.75 Å². The molecule has 0 radical (unpaired) electrons. The average Bonchev–Trinajstić information content (AvgIpc) is 2.46. The molecule has 0 aliphatic rings. The van der Waals surface area contributed by atoms with Gasteiger partial charge in [-0.15, -0.1) is 11.8 Å². The standard InChI is InChI=1S/C13H13ClN4OS/c14-10-2-1-3-11(15)12(10)20-7-9-5-4-8(6-17-9)13(19)18-16/h1-6H,7,15-16H2,(H,18,19). The molecule has 0 aliphatic heterocycles.